The first-order chi connectivity index (χ1) is 13.6. The molecule has 0 saturated heterocycles. The maximum Gasteiger partial charge on any atom is 0.341 e. The number of esters is 1. The number of aryl methyl sites for hydroxylation is 1. The van der Waals surface area contributed by atoms with Crippen LogP contribution in [0.1, 0.15) is 52.5 Å². The van der Waals surface area contributed by atoms with Crippen LogP contribution in [0.5, 0.6) is 0 Å². The second kappa shape index (κ2) is 7.95. The van der Waals surface area contributed by atoms with E-state index in [2.05, 4.69) is 29.3 Å². The van der Waals surface area contributed by atoms with Crippen molar-refractivity contribution in [3.05, 3.63) is 45.8 Å². The van der Waals surface area contributed by atoms with E-state index in [9.17, 15) is 9.59 Å². The SMILES string of the molecule is COC(=O)c1c(NC(=O)CN2c3ccccc3CC2C)sc2c1CCCCC2. The molecule has 0 saturated carbocycles. The molecule has 1 atom stereocenters. The summed E-state index contributed by atoms with van der Waals surface area (Å²) in [6.07, 6.45) is 6.17. The third kappa shape index (κ3) is 3.53. The Kier molecular flexibility index (Phi) is 5.40. The van der Waals surface area contributed by atoms with Crippen LogP contribution in [0.3, 0.4) is 0 Å². The first-order valence-corrected chi connectivity index (χ1v) is 10.8. The lowest BCUT2D eigenvalue weighted by molar-refractivity contribution is -0.115. The minimum absolute atomic E-state index is 0.0925. The number of thiophene rings is 1. The molecule has 5 nitrogen and oxygen atoms in total. The minimum Gasteiger partial charge on any atom is -0.465 e. The van der Waals surface area contributed by atoms with Crippen molar-refractivity contribution in [1.29, 1.82) is 0 Å². The Labute approximate surface area is 169 Å². The molecule has 1 aromatic carbocycles. The number of nitrogens with one attached hydrogen (secondary N) is 1. The Morgan fingerprint density at radius 1 is 1.21 bits per heavy atom. The first-order valence-electron chi connectivity index (χ1n) is 9.95. The molecule has 2 heterocycles. The van der Waals surface area contributed by atoms with Gasteiger partial charge in [-0.25, -0.2) is 4.79 Å². The van der Waals surface area contributed by atoms with E-state index in [0.29, 0.717) is 10.6 Å². The normalized spacial score (nSPS) is 18.2. The maximum atomic E-state index is 12.9. The van der Waals surface area contributed by atoms with Gasteiger partial charge in [0.1, 0.15) is 5.00 Å². The summed E-state index contributed by atoms with van der Waals surface area (Å²) in [7, 11) is 1.40. The lowest BCUT2D eigenvalue weighted by Crippen LogP contribution is -2.37. The van der Waals surface area contributed by atoms with Crippen LogP contribution >= 0.6 is 11.3 Å². The Balaban J connectivity index is 1.56. The Morgan fingerprint density at radius 3 is 2.82 bits per heavy atom. The van der Waals surface area contributed by atoms with Gasteiger partial charge in [0.25, 0.3) is 0 Å². The number of ether oxygens (including phenoxy) is 1. The minimum atomic E-state index is -0.352. The quantitative estimate of drug-likeness (QED) is 0.620. The highest BCUT2D eigenvalue weighted by atomic mass is 32.1. The number of benzene rings is 1. The van der Waals surface area contributed by atoms with Crippen molar-refractivity contribution in [2.24, 2.45) is 0 Å². The highest BCUT2D eigenvalue weighted by molar-refractivity contribution is 7.17. The molecule has 2 aromatic rings. The third-order valence-electron chi connectivity index (χ3n) is 5.73. The number of hydrogen-bond donors (Lipinski definition) is 1. The van der Waals surface area contributed by atoms with E-state index in [-0.39, 0.29) is 24.5 Å². The highest BCUT2D eigenvalue weighted by Gasteiger charge is 2.29. The standard InChI is InChI=1S/C22H26N2O3S/c1-14-12-15-8-6-7-10-17(15)24(14)13-19(25)23-21-20(22(26)27-2)16-9-4-3-5-11-18(16)28-21/h6-8,10,14H,3-5,9,11-13H2,1-2H3,(H,23,25). The van der Waals surface area contributed by atoms with E-state index in [1.807, 2.05) is 12.1 Å². The van der Waals surface area contributed by atoms with Crippen molar-refractivity contribution in [2.75, 3.05) is 23.9 Å². The molecule has 0 spiro atoms. The van der Waals surface area contributed by atoms with E-state index in [1.165, 1.54) is 24.0 Å². The van der Waals surface area contributed by atoms with Crippen LogP contribution in [-0.4, -0.2) is 31.6 Å². The van der Waals surface area contributed by atoms with Gasteiger partial charge in [-0.2, -0.15) is 0 Å². The van der Waals surface area contributed by atoms with Gasteiger partial charge in [-0.1, -0.05) is 24.6 Å². The number of carbonyl (C=O) groups excluding carboxylic acids is 2. The molecule has 1 aliphatic heterocycles. The Morgan fingerprint density at radius 2 is 2.00 bits per heavy atom. The second-order valence-electron chi connectivity index (χ2n) is 7.62. The predicted octanol–water partition coefficient (Wildman–Crippen LogP) is 4.19. The average molecular weight is 399 g/mol. The van der Waals surface area contributed by atoms with E-state index in [1.54, 1.807) is 11.3 Å². The van der Waals surface area contributed by atoms with Crippen LogP contribution in [0.2, 0.25) is 0 Å². The third-order valence-corrected chi connectivity index (χ3v) is 6.93. The number of methoxy groups -OCH3 is 1. The van der Waals surface area contributed by atoms with Crippen LogP contribution in [0.15, 0.2) is 24.3 Å². The molecule has 1 aliphatic carbocycles. The van der Waals surface area contributed by atoms with Crippen molar-refractivity contribution in [3.63, 3.8) is 0 Å². The number of anilines is 2. The molecule has 0 fully saturated rings. The smallest absolute Gasteiger partial charge is 0.341 e. The molecule has 1 aromatic heterocycles. The van der Waals surface area contributed by atoms with Gasteiger partial charge in [-0.05, 0) is 56.2 Å². The topological polar surface area (TPSA) is 58.6 Å². The predicted molar refractivity (Wildman–Crippen MR) is 113 cm³/mol. The number of hydrogen-bond acceptors (Lipinski definition) is 5. The van der Waals surface area contributed by atoms with Crippen molar-refractivity contribution < 1.29 is 14.3 Å². The number of amides is 1. The molecule has 0 bridgehead atoms. The fourth-order valence-corrected chi connectivity index (χ4v) is 5.63. The lowest BCUT2D eigenvalue weighted by atomic mass is 10.1. The summed E-state index contributed by atoms with van der Waals surface area (Å²) < 4.78 is 5.03. The molecule has 1 N–H and O–H groups in total. The number of rotatable bonds is 4. The van der Waals surface area contributed by atoms with Gasteiger partial charge < -0.3 is 15.0 Å². The summed E-state index contributed by atoms with van der Waals surface area (Å²) in [4.78, 5) is 28.7. The van der Waals surface area contributed by atoms with Gasteiger partial charge in [0.15, 0.2) is 0 Å². The molecule has 1 unspecified atom stereocenters. The summed E-state index contributed by atoms with van der Waals surface area (Å²) >= 11 is 1.54. The summed E-state index contributed by atoms with van der Waals surface area (Å²) in [5.74, 6) is -0.445. The van der Waals surface area contributed by atoms with Gasteiger partial charge in [-0.15, -0.1) is 11.3 Å². The maximum absolute atomic E-state index is 12.9. The monoisotopic (exact) mass is 398 g/mol. The second-order valence-corrected chi connectivity index (χ2v) is 8.72. The van der Waals surface area contributed by atoms with E-state index in [4.69, 9.17) is 4.74 Å². The van der Waals surface area contributed by atoms with Gasteiger partial charge in [0.2, 0.25) is 5.91 Å². The molecular weight excluding hydrogens is 372 g/mol. The van der Waals surface area contributed by atoms with Crippen molar-refractivity contribution in [3.8, 4) is 0 Å². The van der Waals surface area contributed by atoms with Gasteiger partial charge in [0, 0.05) is 16.6 Å². The molecule has 1 amide bonds. The molecule has 148 valence electrons. The molecule has 28 heavy (non-hydrogen) atoms. The van der Waals surface area contributed by atoms with Crippen LogP contribution in [0.4, 0.5) is 10.7 Å². The van der Waals surface area contributed by atoms with E-state index < -0.39 is 0 Å². The molecule has 2 aliphatic rings. The fraction of sp³-hybridized carbons (Fsp3) is 0.455. The summed E-state index contributed by atoms with van der Waals surface area (Å²) in [6, 6.07) is 8.52. The largest absolute Gasteiger partial charge is 0.465 e. The van der Waals surface area contributed by atoms with Gasteiger partial charge >= 0.3 is 5.97 Å². The summed E-state index contributed by atoms with van der Waals surface area (Å²) in [6.45, 7) is 2.42. The fourth-order valence-electron chi connectivity index (χ4n) is 4.34. The lowest BCUT2D eigenvalue weighted by Gasteiger charge is -2.24. The summed E-state index contributed by atoms with van der Waals surface area (Å²) in [5, 5.41) is 3.66. The van der Waals surface area contributed by atoms with Crippen molar-refractivity contribution in [2.45, 2.75) is 51.5 Å². The van der Waals surface area contributed by atoms with Crippen molar-refractivity contribution >= 4 is 33.9 Å². The average Bonchev–Trinajstić information content (AvgIpc) is 3.08. The summed E-state index contributed by atoms with van der Waals surface area (Å²) in [5.41, 5.74) is 4.04. The Hall–Kier alpha value is -2.34. The zero-order valence-corrected chi connectivity index (χ0v) is 17.2. The zero-order chi connectivity index (χ0) is 19.7. The van der Waals surface area contributed by atoms with E-state index in [0.717, 1.165) is 43.4 Å². The van der Waals surface area contributed by atoms with Crippen LogP contribution in [0.25, 0.3) is 0 Å². The van der Waals surface area contributed by atoms with Crippen LogP contribution < -0.4 is 10.2 Å². The first kappa shape index (κ1) is 19.0. The van der Waals surface area contributed by atoms with Crippen molar-refractivity contribution in [1.82, 2.24) is 0 Å². The molecular formula is C22H26N2O3S. The zero-order valence-electron chi connectivity index (χ0n) is 16.4. The molecule has 6 heteroatoms. The van der Waals surface area contributed by atoms with Crippen LogP contribution in [0, 0.1) is 0 Å². The number of carbonyl (C=O) groups is 2. The molecule has 0 radical (unpaired) electrons. The van der Waals surface area contributed by atoms with E-state index >= 15 is 0 Å². The number of fused-ring (bicyclic) bond motifs is 2. The van der Waals surface area contributed by atoms with Gasteiger partial charge in [0.05, 0.1) is 19.2 Å². The number of nitrogens with zero attached hydrogens (tertiary/aromatic N) is 1. The number of para-hydroxylation sites is 1. The Bertz CT molecular complexity index is 905. The van der Waals surface area contributed by atoms with Crippen LogP contribution in [-0.2, 0) is 28.8 Å². The van der Waals surface area contributed by atoms with Gasteiger partial charge in [-0.3, -0.25) is 4.79 Å². The molecule has 4 rings (SSSR count). The highest BCUT2D eigenvalue weighted by Crippen LogP contribution is 2.38.